The van der Waals surface area contributed by atoms with Gasteiger partial charge in [-0.3, -0.25) is 0 Å². The van der Waals surface area contributed by atoms with Crippen LogP contribution < -0.4 is 0 Å². The lowest BCUT2D eigenvalue weighted by Crippen LogP contribution is -2.43. The molecule has 7 aliphatic rings. The van der Waals surface area contributed by atoms with Gasteiger partial charge in [0.15, 0.2) is 0 Å². The summed E-state index contributed by atoms with van der Waals surface area (Å²) in [6, 6.07) is 66.4. The van der Waals surface area contributed by atoms with Crippen LogP contribution in [0.2, 0.25) is 0 Å². The van der Waals surface area contributed by atoms with Crippen molar-refractivity contribution in [3.8, 4) is 55.6 Å². The SMILES string of the molecule is CCCC(C)(c1ccc2c(c1)C(CC)(CC)c1cc(C3(CC)Cc4cc5c(cc43)C(CC)(CC)c3cc(C(C)(CCC)c4ccc6c(c4)C(CC)(C(F)(F)F)c4ccccc4-6)ccc3-5)ccc1-2)c1ccc2c(c1)C(CC)(CC)c1cc3c(cc1-2)CC3(CC)c1ccc2c(c1)C(CC)(C(F)(F)F)c1ccccc1-2. The first-order valence-corrected chi connectivity index (χ1v) is 40.9. The summed E-state index contributed by atoms with van der Waals surface area (Å²) >= 11 is 0. The van der Waals surface area contributed by atoms with Crippen LogP contribution in [0.5, 0.6) is 0 Å². The van der Waals surface area contributed by atoms with Gasteiger partial charge in [0.2, 0.25) is 0 Å². The Labute approximate surface area is 632 Å². The van der Waals surface area contributed by atoms with Crippen LogP contribution in [-0.2, 0) is 61.6 Å². The van der Waals surface area contributed by atoms with Gasteiger partial charge in [0.1, 0.15) is 10.8 Å². The molecule has 0 aromatic heterocycles. The van der Waals surface area contributed by atoms with Crippen LogP contribution in [0.15, 0.2) is 182 Å². The Morgan fingerprint density at radius 1 is 0.262 bits per heavy atom. The molecular weight excluding hydrogens is 1330 g/mol. The number of benzene rings is 10. The Balaban J connectivity index is 0.694. The third-order valence-corrected chi connectivity index (χ3v) is 30.9. The van der Waals surface area contributed by atoms with Crippen LogP contribution in [0.1, 0.15) is 298 Å². The van der Waals surface area contributed by atoms with Gasteiger partial charge in [0.05, 0.1) is 0 Å². The van der Waals surface area contributed by atoms with Crippen LogP contribution in [0, 0.1) is 0 Å². The fraction of sp³-hybridized carbons (Fsp3) is 0.406. The van der Waals surface area contributed by atoms with Gasteiger partial charge in [0, 0.05) is 37.9 Å². The molecule has 6 atom stereocenters. The molecule has 0 radical (unpaired) electrons. The maximum Gasteiger partial charge on any atom is 0.402 e. The van der Waals surface area contributed by atoms with Crippen LogP contribution in [0.4, 0.5) is 26.3 Å². The summed E-state index contributed by atoms with van der Waals surface area (Å²) in [4.78, 5) is 0. The third kappa shape index (κ3) is 8.88. The number of hydrogen-bond donors (Lipinski definition) is 0. The molecule has 6 heteroatoms. The van der Waals surface area contributed by atoms with Crippen molar-refractivity contribution in [1.29, 1.82) is 0 Å². The third-order valence-electron chi connectivity index (χ3n) is 30.9. The van der Waals surface area contributed by atoms with E-state index in [4.69, 9.17) is 0 Å². The van der Waals surface area contributed by atoms with Crippen molar-refractivity contribution in [2.45, 2.75) is 261 Å². The van der Waals surface area contributed by atoms with E-state index in [0.29, 0.717) is 44.5 Å². The number of hydrogen-bond acceptors (Lipinski definition) is 0. The van der Waals surface area contributed by atoms with Crippen molar-refractivity contribution >= 4 is 0 Å². The molecule has 0 N–H and O–H groups in total. The minimum absolute atomic E-state index is 0.0537. The second-order valence-corrected chi connectivity index (χ2v) is 34.0. The lowest BCUT2D eigenvalue weighted by molar-refractivity contribution is -0.178. The van der Waals surface area contributed by atoms with E-state index in [-0.39, 0.29) is 39.9 Å². The predicted molar refractivity (Wildman–Crippen MR) is 430 cm³/mol. The van der Waals surface area contributed by atoms with Gasteiger partial charge in [-0.1, -0.05) is 292 Å². The highest BCUT2D eigenvalue weighted by Gasteiger charge is 2.63. The van der Waals surface area contributed by atoms with E-state index < -0.39 is 34.0 Å². The topological polar surface area (TPSA) is 0 Å². The Hall–Kier alpha value is -8.22. The molecule has 0 amide bonds. The first kappa shape index (κ1) is 71.7. The molecule has 0 spiro atoms. The van der Waals surface area contributed by atoms with Gasteiger partial charge in [-0.15, -0.1) is 0 Å². The van der Waals surface area contributed by atoms with Gasteiger partial charge in [-0.05, 0) is 257 Å². The molecule has 0 aliphatic heterocycles. The number of halogens is 6. The highest BCUT2D eigenvalue weighted by atomic mass is 19.4. The Bertz CT molecular complexity index is 5330. The lowest BCUT2D eigenvalue weighted by atomic mass is 9.57. The van der Waals surface area contributed by atoms with Crippen LogP contribution in [-0.4, -0.2) is 12.4 Å². The average Bonchev–Trinajstić information content (AvgIpc) is 1.58. The van der Waals surface area contributed by atoms with Gasteiger partial charge in [-0.2, -0.15) is 26.3 Å². The molecule has 7 aliphatic carbocycles. The fourth-order valence-corrected chi connectivity index (χ4v) is 24.4. The zero-order chi connectivity index (χ0) is 75.3. The lowest BCUT2D eigenvalue weighted by Gasteiger charge is -2.46. The molecule has 0 fully saturated rings. The molecule has 550 valence electrons. The van der Waals surface area contributed by atoms with Crippen molar-refractivity contribution in [3.05, 3.63) is 293 Å². The van der Waals surface area contributed by atoms with Crippen LogP contribution >= 0.6 is 0 Å². The van der Waals surface area contributed by atoms with Crippen molar-refractivity contribution in [2.24, 2.45) is 0 Å². The monoisotopic (exact) mass is 1430 g/mol. The summed E-state index contributed by atoms with van der Waals surface area (Å²) in [5.74, 6) is 0. The molecule has 10 aromatic carbocycles. The minimum atomic E-state index is -4.47. The van der Waals surface area contributed by atoms with Crippen molar-refractivity contribution in [2.75, 3.05) is 0 Å². The number of fused-ring (bicyclic) bond motifs is 17. The number of rotatable bonds is 20. The smallest absolute Gasteiger partial charge is 0.170 e. The second-order valence-electron chi connectivity index (χ2n) is 34.0. The molecule has 0 saturated heterocycles. The largest absolute Gasteiger partial charge is 0.402 e. The summed E-state index contributed by atoms with van der Waals surface area (Å²) < 4.78 is 94.7. The van der Waals surface area contributed by atoms with E-state index in [1.807, 2.05) is 48.5 Å². The zero-order valence-electron chi connectivity index (χ0n) is 65.4. The first-order valence-electron chi connectivity index (χ1n) is 40.9. The summed E-state index contributed by atoms with van der Waals surface area (Å²) in [7, 11) is 0. The molecule has 0 nitrogen and oxygen atoms in total. The fourth-order valence-electron chi connectivity index (χ4n) is 24.4. The van der Waals surface area contributed by atoms with Crippen LogP contribution in [0.3, 0.4) is 0 Å². The molecule has 0 bridgehead atoms. The minimum Gasteiger partial charge on any atom is -0.170 e. The first-order chi connectivity index (χ1) is 51.3. The van der Waals surface area contributed by atoms with Gasteiger partial charge in [-0.25, -0.2) is 0 Å². The van der Waals surface area contributed by atoms with E-state index in [0.717, 1.165) is 101 Å². The number of alkyl halides is 6. The van der Waals surface area contributed by atoms with E-state index in [9.17, 15) is 0 Å². The highest BCUT2D eigenvalue weighted by molar-refractivity contribution is 5.89. The van der Waals surface area contributed by atoms with Gasteiger partial charge < -0.3 is 0 Å². The molecule has 0 heterocycles. The quantitative estimate of drug-likeness (QED) is 0.0667. The van der Waals surface area contributed by atoms with E-state index in [1.54, 1.807) is 38.1 Å². The summed E-state index contributed by atoms with van der Waals surface area (Å²) in [5.41, 5.74) is 27.2. The van der Waals surface area contributed by atoms with Gasteiger partial charge >= 0.3 is 12.4 Å². The van der Waals surface area contributed by atoms with E-state index in [2.05, 4.69) is 192 Å². The van der Waals surface area contributed by atoms with E-state index in [1.165, 1.54) is 111 Å². The highest BCUT2D eigenvalue weighted by Crippen LogP contribution is 2.66. The van der Waals surface area contributed by atoms with Crippen molar-refractivity contribution in [3.63, 3.8) is 0 Å². The van der Waals surface area contributed by atoms with Crippen molar-refractivity contribution < 1.29 is 26.3 Å². The van der Waals surface area contributed by atoms with Crippen molar-refractivity contribution in [1.82, 2.24) is 0 Å². The molecule has 107 heavy (non-hydrogen) atoms. The molecular formula is C101H104F6. The molecule has 17 rings (SSSR count). The molecule has 0 saturated carbocycles. The average molecular weight is 1430 g/mol. The normalized spacial score (nSPS) is 22.4. The van der Waals surface area contributed by atoms with Crippen LogP contribution in [0.25, 0.3) is 55.6 Å². The summed E-state index contributed by atoms with van der Waals surface area (Å²) in [5, 5.41) is 0. The molecule has 10 aromatic rings. The maximum absolute atomic E-state index is 15.8. The Morgan fingerprint density at radius 3 is 0.869 bits per heavy atom. The standard InChI is InChI=1S/C101H104F6/c1-15-47-91(13,64-37-43-75-78-50-62-60-97(24-10,82(62)58-88(78)94(19-5,20-6)84(75)52-64)68-40-46-74-70-32-28-30-34-80(70)99(26-12,90(74)56-68)101(105,106)107)63-35-41-71-72-45-39-67(55-86(72)93(17-3,18-4)83(71)51-63)96(23-9)59-61-49-77-76-44-38-65(53-85(76)95(21-7,22-8)87(77)57-81(61)96)92(14,48-16-2)66-36-42-73-69-31-27-29-33-79(69)98(25-11,89(73)54-66)100(102,103)104/h27-46,49-58H,15-26,47-48,59-60H2,1-14H3. The van der Waals surface area contributed by atoms with E-state index >= 15 is 26.3 Å². The summed E-state index contributed by atoms with van der Waals surface area (Å²) in [6.07, 6.45) is 3.88. The Morgan fingerprint density at radius 2 is 0.542 bits per heavy atom. The maximum atomic E-state index is 15.8. The Kier molecular flexibility index (Phi) is 16.3. The summed E-state index contributed by atoms with van der Waals surface area (Å²) in [6.45, 7) is 31.5. The van der Waals surface area contributed by atoms with Gasteiger partial charge in [0.25, 0.3) is 0 Å². The zero-order valence-corrected chi connectivity index (χ0v) is 65.4. The molecule has 6 unspecified atom stereocenters. The predicted octanol–water partition coefficient (Wildman–Crippen LogP) is 28.1. The second kappa shape index (κ2) is 24.4.